The van der Waals surface area contributed by atoms with Crippen LogP contribution in [0.15, 0.2) is 17.5 Å². The summed E-state index contributed by atoms with van der Waals surface area (Å²) in [6.07, 6.45) is 4.47. The number of carbonyl (C=O) groups excluding carboxylic acids is 1. The molecule has 0 saturated carbocycles. The first-order valence-corrected chi connectivity index (χ1v) is 11.7. The van der Waals surface area contributed by atoms with Crippen LogP contribution < -0.4 is 0 Å². The van der Waals surface area contributed by atoms with E-state index in [9.17, 15) is 4.79 Å². The van der Waals surface area contributed by atoms with Gasteiger partial charge >= 0.3 is 0 Å². The van der Waals surface area contributed by atoms with Gasteiger partial charge in [-0.05, 0) is 53.4 Å². The fraction of sp³-hybridized carbons (Fsp3) is 0.684. The Hall–Kier alpha value is -1.62. The van der Waals surface area contributed by atoms with Gasteiger partial charge in [0.25, 0.3) is 0 Å². The van der Waals surface area contributed by atoms with E-state index in [1.54, 1.807) is 16.0 Å². The molecule has 2 aliphatic heterocycles. The number of thiophene rings is 1. The van der Waals surface area contributed by atoms with Crippen molar-refractivity contribution in [1.29, 1.82) is 0 Å². The predicted octanol–water partition coefficient (Wildman–Crippen LogP) is 1.70. The smallest absolute Gasteiger partial charge is 0.236 e. The molecule has 0 bridgehead atoms. The Labute approximate surface area is 180 Å². The Morgan fingerprint density at radius 2 is 1.72 bits per heavy atom. The molecule has 4 heterocycles. The van der Waals surface area contributed by atoms with E-state index in [1.807, 2.05) is 9.58 Å². The number of carbonyl (C=O) groups is 1. The zero-order chi connectivity index (χ0) is 20.1. The van der Waals surface area contributed by atoms with Gasteiger partial charge in [-0.25, -0.2) is 9.36 Å². The molecule has 10 heteroatoms. The average molecular weight is 436 g/mol. The Morgan fingerprint density at radius 3 is 2.45 bits per heavy atom. The van der Waals surface area contributed by atoms with Gasteiger partial charge in [0.05, 0.1) is 19.8 Å². The maximum Gasteiger partial charge on any atom is 0.236 e. The van der Waals surface area contributed by atoms with Gasteiger partial charge in [-0.2, -0.15) is 0 Å². The van der Waals surface area contributed by atoms with E-state index in [4.69, 9.17) is 12.2 Å². The number of piperidine rings is 1. The van der Waals surface area contributed by atoms with Gasteiger partial charge in [0.1, 0.15) is 0 Å². The van der Waals surface area contributed by atoms with Crippen molar-refractivity contribution < 1.29 is 4.79 Å². The quantitative estimate of drug-likeness (QED) is 0.617. The number of rotatable bonds is 7. The van der Waals surface area contributed by atoms with Gasteiger partial charge in [-0.3, -0.25) is 14.6 Å². The summed E-state index contributed by atoms with van der Waals surface area (Å²) in [6.45, 7) is 7.45. The molecule has 8 nitrogen and oxygen atoms in total. The summed E-state index contributed by atoms with van der Waals surface area (Å²) in [5.41, 5.74) is 0. The van der Waals surface area contributed by atoms with E-state index >= 15 is 0 Å². The maximum atomic E-state index is 12.5. The van der Waals surface area contributed by atoms with Crippen LogP contribution in [-0.4, -0.2) is 86.2 Å². The van der Waals surface area contributed by atoms with Crippen LogP contribution in [0.5, 0.6) is 0 Å². The lowest BCUT2D eigenvalue weighted by atomic mass is 10.1. The molecule has 2 fully saturated rings. The number of hydrogen-bond acceptors (Lipinski definition) is 7. The zero-order valence-electron chi connectivity index (χ0n) is 16.8. The van der Waals surface area contributed by atoms with Crippen LogP contribution in [0.25, 0.3) is 0 Å². The minimum atomic E-state index is 0.286. The molecule has 1 amide bonds. The zero-order valence-corrected chi connectivity index (χ0v) is 18.4. The molecular weight excluding hydrogens is 406 g/mol. The predicted molar refractivity (Wildman–Crippen MR) is 115 cm³/mol. The standard InChI is InChI=1S/C19H29N7OS2/c27-18(24-7-2-1-3-8-24)15-22-10-12-23(13-11-22)16-26-19(28)25(20-21-26)9-6-17-5-4-14-29-17/h4-5,14H,1-3,6-13,15-16H2. The molecule has 0 aromatic carbocycles. The number of likely N-dealkylation sites (tertiary alicyclic amines) is 1. The monoisotopic (exact) mass is 435 g/mol. The molecule has 29 heavy (non-hydrogen) atoms. The molecule has 2 aromatic rings. The Bertz CT molecular complexity index is 833. The largest absolute Gasteiger partial charge is 0.342 e. The minimum absolute atomic E-state index is 0.286. The summed E-state index contributed by atoms with van der Waals surface area (Å²) < 4.78 is 4.28. The summed E-state index contributed by atoms with van der Waals surface area (Å²) >= 11 is 7.31. The third-order valence-corrected chi connectivity index (χ3v) is 7.07. The normalized spacial score (nSPS) is 19.0. The number of nitrogens with zero attached hydrogens (tertiary/aromatic N) is 7. The highest BCUT2D eigenvalue weighted by atomic mass is 32.1. The second kappa shape index (κ2) is 9.92. The molecule has 158 valence electrons. The Kier molecular flexibility index (Phi) is 7.06. The number of hydrogen-bond donors (Lipinski definition) is 0. The summed E-state index contributed by atoms with van der Waals surface area (Å²) in [7, 11) is 0. The van der Waals surface area contributed by atoms with Crippen LogP contribution in [0.1, 0.15) is 24.1 Å². The second-order valence-corrected chi connectivity index (χ2v) is 9.19. The van der Waals surface area contributed by atoms with E-state index in [-0.39, 0.29) is 5.91 Å². The first-order valence-electron chi connectivity index (χ1n) is 10.4. The van der Waals surface area contributed by atoms with Gasteiger partial charge in [0.15, 0.2) is 0 Å². The topological polar surface area (TPSA) is 62.4 Å². The molecular formula is C19H29N7OS2. The summed E-state index contributed by atoms with van der Waals surface area (Å²) in [5.74, 6) is 0.286. The van der Waals surface area contributed by atoms with Crippen molar-refractivity contribution in [3.05, 3.63) is 27.2 Å². The molecule has 2 aromatic heterocycles. The number of tetrazole rings is 1. The molecule has 2 aliphatic rings. The van der Waals surface area contributed by atoms with Crippen molar-refractivity contribution in [3.63, 3.8) is 0 Å². The first kappa shape index (κ1) is 20.6. The van der Waals surface area contributed by atoms with Crippen LogP contribution in [-0.2, 0) is 24.4 Å². The maximum absolute atomic E-state index is 12.5. The van der Waals surface area contributed by atoms with Crippen LogP contribution in [0.3, 0.4) is 0 Å². The van der Waals surface area contributed by atoms with Gasteiger partial charge in [0, 0.05) is 50.6 Å². The number of amides is 1. The molecule has 4 rings (SSSR count). The highest BCUT2D eigenvalue weighted by Crippen LogP contribution is 2.11. The van der Waals surface area contributed by atoms with Crippen molar-refractivity contribution >= 4 is 29.5 Å². The van der Waals surface area contributed by atoms with E-state index in [0.29, 0.717) is 18.0 Å². The number of aromatic nitrogens is 4. The molecule has 0 atom stereocenters. The molecule has 2 saturated heterocycles. The summed E-state index contributed by atoms with van der Waals surface area (Å²) in [5, 5.41) is 10.6. The molecule has 0 radical (unpaired) electrons. The second-order valence-electron chi connectivity index (χ2n) is 7.79. The lowest BCUT2D eigenvalue weighted by Crippen LogP contribution is -2.50. The van der Waals surface area contributed by atoms with Crippen LogP contribution in [0, 0.1) is 4.77 Å². The Balaban J connectivity index is 1.22. The molecule has 0 spiro atoms. The van der Waals surface area contributed by atoms with E-state index in [2.05, 4.69) is 37.7 Å². The lowest BCUT2D eigenvalue weighted by Gasteiger charge is -2.35. The summed E-state index contributed by atoms with van der Waals surface area (Å²) in [4.78, 5) is 20.4. The van der Waals surface area contributed by atoms with Crippen molar-refractivity contribution in [1.82, 2.24) is 34.5 Å². The van der Waals surface area contributed by atoms with Crippen molar-refractivity contribution in [2.75, 3.05) is 45.8 Å². The Morgan fingerprint density at radius 1 is 1.00 bits per heavy atom. The van der Waals surface area contributed by atoms with Gasteiger partial charge < -0.3 is 4.90 Å². The molecule has 0 aliphatic carbocycles. The van der Waals surface area contributed by atoms with E-state index < -0.39 is 0 Å². The van der Waals surface area contributed by atoms with Crippen molar-refractivity contribution in [3.8, 4) is 0 Å². The van der Waals surface area contributed by atoms with Crippen molar-refractivity contribution in [2.24, 2.45) is 0 Å². The number of piperazine rings is 1. The fourth-order valence-corrected chi connectivity index (χ4v) is 4.84. The average Bonchev–Trinajstić information content (AvgIpc) is 3.39. The summed E-state index contributed by atoms with van der Waals surface area (Å²) in [6, 6.07) is 4.20. The minimum Gasteiger partial charge on any atom is -0.342 e. The van der Waals surface area contributed by atoms with Crippen LogP contribution in [0.4, 0.5) is 0 Å². The molecule has 0 unspecified atom stereocenters. The van der Waals surface area contributed by atoms with Crippen LogP contribution >= 0.6 is 23.6 Å². The molecule has 0 N–H and O–H groups in total. The fourth-order valence-electron chi connectivity index (χ4n) is 3.92. The van der Waals surface area contributed by atoms with Crippen molar-refractivity contribution in [2.45, 2.75) is 38.9 Å². The van der Waals surface area contributed by atoms with Crippen LogP contribution in [0.2, 0.25) is 0 Å². The van der Waals surface area contributed by atoms with Gasteiger partial charge in [-0.15, -0.1) is 11.3 Å². The third-order valence-electron chi connectivity index (χ3n) is 5.71. The van der Waals surface area contributed by atoms with Gasteiger partial charge in [-0.1, -0.05) is 6.07 Å². The number of aryl methyl sites for hydroxylation is 2. The first-order chi connectivity index (χ1) is 14.2. The third kappa shape index (κ3) is 5.50. The van der Waals surface area contributed by atoms with E-state index in [0.717, 1.165) is 65.1 Å². The van der Waals surface area contributed by atoms with E-state index in [1.165, 1.54) is 11.3 Å². The highest BCUT2D eigenvalue weighted by Gasteiger charge is 2.23. The lowest BCUT2D eigenvalue weighted by molar-refractivity contribution is -0.133. The SMILES string of the molecule is O=C(CN1CCN(Cn2nnn(CCc3cccs3)c2=S)CC1)N1CCCCC1. The highest BCUT2D eigenvalue weighted by molar-refractivity contribution is 7.71. The van der Waals surface area contributed by atoms with Gasteiger partial charge in [0.2, 0.25) is 10.7 Å².